The maximum absolute atomic E-state index is 5.99. The zero-order valence-electron chi connectivity index (χ0n) is 15.3. The van der Waals surface area contributed by atoms with Crippen LogP contribution in [0, 0.1) is 11.3 Å². The molecule has 0 saturated heterocycles. The van der Waals surface area contributed by atoms with E-state index in [2.05, 4.69) is 79.8 Å². The van der Waals surface area contributed by atoms with Crippen LogP contribution >= 0.6 is 0 Å². The van der Waals surface area contributed by atoms with Crippen LogP contribution in [-0.4, -0.2) is 14.8 Å². The summed E-state index contributed by atoms with van der Waals surface area (Å²) >= 11 is 0. The van der Waals surface area contributed by atoms with Gasteiger partial charge in [-0.1, -0.05) is 45.9 Å². The van der Waals surface area contributed by atoms with Crippen molar-refractivity contribution in [2.75, 3.05) is 0 Å². The van der Waals surface area contributed by atoms with Gasteiger partial charge in [-0.3, -0.25) is 0 Å². The van der Waals surface area contributed by atoms with Gasteiger partial charge in [0.15, 0.2) is 0 Å². The third-order valence-corrected chi connectivity index (χ3v) is 4.31. The average molecular weight is 325 g/mol. The molecular formula is C20H27N3O. The first-order chi connectivity index (χ1) is 11.4. The van der Waals surface area contributed by atoms with Gasteiger partial charge in [-0.25, -0.2) is 0 Å². The summed E-state index contributed by atoms with van der Waals surface area (Å²) in [5.41, 5.74) is 2.54. The fourth-order valence-corrected chi connectivity index (χ4v) is 3.54. The smallest absolute Gasteiger partial charge is 0.249 e. The van der Waals surface area contributed by atoms with E-state index in [-0.39, 0.29) is 0 Å². The zero-order chi connectivity index (χ0) is 17.3. The third kappa shape index (κ3) is 3.53. The molecule has 0 saturated carbocycles. The number of aryl methyl sites for hydroxylation is 1. The molecule has 0 bridgehead atoms. The van der Waals surface area contributed by atoms with Gasteiger partial charge in [-0.05, 0) is 30.7 Å². The average Bonchev–Trinajstić information content (AvgIpc) is 3.09. The molecule has 128 valence electrons. The van der Waals surface area contributed by atoms with E-state index < -0.39 is 0 Å². The Bertz CT molecular complexity index is 823. The minimum atomic E-state index is 0.316. The molecule has 0 aliphatic carbocycles. The normalized spacial score (nSPS) is 13.5. The molecule has 0 N–H and O–H groups in total. The molecule has 1 atom stereocenters. The first kappa shape index (κ1) is 16.7. The quantitative estimate of drug-likeness (QED) is 0.637. The van der Waals surface area contributed by atoms with Gasteiger partial charge < -0.3 is 8.98 Å². The van der Waals surface area contributed by atoms with Crippen LogP contribution in [-0.2, 0) is 13.0 Å². The van der Waals surface area contributed by atoms with E-state index in [9.17, 15) is 0 Å². The standard InChI is InChI=1S/C20H27N3O/c1-6-23-13-16(15-9-7-8-10-17(15)23)19-22-21-18(24-19)11-14(2)12-20(3,4)5/h7-10,13-14H,6,11-12H2,1-5H3. The highest BCUT2D eigenvalue weighted by Gasteiger charge is 2.19. The molecule has 2 aromatic heterocycles. The Balaban J connectivity index is 1.86. The van der Waals surface area contributed by atoms with Crippen molar-refractivity contribution in [2.45, 2.75) is 54.0 Å². The van der Waals surface area contributed by atoms with E-state index in [4.69, 9.17) is 4.42 Å². The number of rotatable bonds is 5. The Morgan fingerprint density at radius 1 is 1.17 bits per heavy atom. The van der Waals surface area contributed by atoms with Crippen molar-refractivity contribution in [1.82, 2.24) is 14.8 Å². The van der Waals surface area contributed by atoms with Crippen molar-refractivity contribution in [1.29, 1.82) is 0 Å². The SMILES string of the molecule is CCn1cc(-c2nnc(CC(C)CC(C)(C)C)o2)c2ccccc21. The summed E-state index contributed by atoms with van der Waals surface area (Å²) in [5, 5.41) is 9.75. The predicted molar refractivity (Wildman–Crippen MR) is 97.8 cm³/mol. The minimum Gasteiger partial charge on any atom is -0.421 e. The van der Waals surface area contributed by atoms with E-state index >= 15 is 0 Å². The minimum absolute atomic E-state index is 0.316. The van der Waals surface area contributed by atoms with Crippen molar-refractivity contribution < 1.29 is 4.42 Å². The van der Waals surface area contributed by atoms with E-state index in [0.717, 1.165) is 36.2 Å². The first-order valence-corrected chi connectivity index (χ1v) is 8.78. The summed E-state index contributed by atoms with van der Waals surface area (Å²) in [6, 6.07) is 8.36. The second-order valence-electron chi connectivity index (χ2n) is 7.92. The summed E-state index contributed by atoms with van der Waals surface area (Å²) < 4.78 is 8.20. The van der Waals surface area contributed by atoms with Crippen LogP contribution in [0.5, 0.6) is 0 Å². The molecule has 3 rings (SSSR count). The van der Waals surface area contributed by atoms with Gasteiger partial charge in [0.05, 0.1) is 5.56 Å². The Labute approximate surface area is 143 Å². The summed E-state index contributed by atoms with van der Waals surface area (Å²) in [4.78, 5) is 0. The van der Waals surface area contributed by atoms with E-state index in [1.807, 2.05) is 0 Å². The third-order valence-electron chi connectivity index (χ3n) is 4.31. The van der Waals surface area contributed by atoms with Crippen LogP contribution in [0.15, 0.2) is 34.9 Å². The molecule has 0 amide bonds. The lowest BCUT2D eigenvalue weighted by atomic mass is 9.84. The summed E-state index contributed by atoms with van der Waals surface area (Å²) in [5.74, 6) is 1.88. The van der Waals surface area contributed by atoms with Crippen LogP contribution in [0.3, 0.4) is 0 Å². The maximum atomic E-state index is 5.99. The number of fused-ring (bicyclic) bond motifs is 1. The highest BCUT2D eigenvalue weighted by Crippen LogP contribution is 2.31. The van der Waals surface area contributed by atoms with Gasteiger partial charge in [0.2, 0.25) is 11.8 Å². The van der Waals surface area contributed by atoms with Crippen molar-refractivity contribution in [3.05, 3.63) is 36.4 Å². The molecule has 2 heterocycles. The molecule has 4 nitrogen and oxygen atoms in total. The van der Waals surface area contributed by atoms with Crippen LogP contribution in [0.4, 0.5) is 0 Å². The number of aromatic nitrogens is 3. The largest absolute Gasteiger partial charge is 0.421 e. The Morgan fingerprint density at radius 2 is 1.92 bits per heavy atom. The van der Waals surface area contributed by atoms with E-state index in [0.29, 0.717) is 17.2 Å². The molecule has 0 spiro atoms. The number of benzene rings is 1. The number of nitrogens with zero attached hydrogens (tertiary/aromatic N) is 3. The fraction of sp³-hybridized carbons (Fsp3) is 0.500. The van der Waals surface area contributed by atoms with Crippen molar-refractivity contribution >= 4 is 10.9 Å². The highest BCUT2D eigenvalue weighted by molar-refractivity contribution is 5.93. The fourth-order valence-electron chi connectivity index (χ4n) is 3.54. The molecule has 4 heteroatoms. The molecule has 24 heavy (non-hydrogen) atoms. The van der Waals surface area contributed by atoms with Gasteiger partial charge in [0.1, 0.15) is 0 Å². The maximum Gasteiger partial charge on any atom is 0.249 e. The van der Waals surface area contributed by atoms with Gasteiger partial charge in [-0.15, -0.1) is 10.2 Å². The molecule has 0 radical (unpaired) electrons. The summed E-state index contributed by atoms with van der Waals surface area (Å²) in [6.07, 6.45) is 4.08. The number of para-hydroxylation sites is 1. The predicted octanol–water partition coefficient (Wildman–Crippen LogP) is 5.33. The van der Waals surface area contributed by atoms with E-state index in [1.165, 1.54) is 5.52 Å². The molecule has 1 aromatic carbocycles. The van der Waals surface area contributed by atoms with Crippen molar-refractivity contribution in [2.24, 2.45) is 11.3 Å². The lowest BCUT2D eigenvalue weighted by molar-refractivity contribution is 0.294. The zero-order valence-corrected chi connectivity index (χ0v) is 15.3. The topological polar surface area (TPSA) is 43.9 Å². The van der Waals surface area contributed by atoms with Gasteiger partial charge >= 0.3 is 0 Å². The molecular weight excluding hydrogens is 298 g/mol. The number of hydrogen-bond acceptors (Lipinski definition) is 3. The first-order valence-electron chi connectivity index (χ1n) is 8.78. The van der Waals surface area contributed by atoms with Crippen molar-refractivity contribution in [3.63, 3.8) is 0 Å². The van der Waals surface area contributed by atoms with Crippen LogP contribution in [0.1, 0.15) is 46.9 Å². The second kappa shape index (κ2) is 6.42. The molecule has 0 fully saturated rings. The monoisotopic (exact) mass is 325 g/mol. The van der Waals surface area contributed by atoms with Crippen LogP contribution < -0.4 is 0 Å². The van der Waals surface area contributed by atoms with Gasteiger partial charge in [-0.2, -0.15) is 0 Å². The Kier molecular flexibility index (Phi) is 4.48. The second-order valence-corrected chi connectivity index (χ2v) is 7.92. The Hall–Kier alpha value is -2.10. The molecule has 0 aliphatic rings. The van der Waals surface area contributed by atoms with E-state index in [1.54, 1.807) is 0 Å². The highest BCUT2D eigenvalue weighted by atomic mass is 16.4. The Morgan fingerprint density at radius 3 is 2.62 bits per heavy atom. The lowest BCUT2D eigenvalue weighted by Gasteiger charge is -2.22. The van der Waals surface area contributed by atoms with Gasteiger partial charge in [0, 0.05) is 30.1 Å². The summed E-state index contributed by atoms with van der Waals surface area (Å²) in [7, 11) is 0. The van der Waals surface area contributed by atoms with Crippen LogP contribution in [0.2, 0.25) is 0 Å². The molecule has 1 unspecified atom stereocenters. The number of hydrogen-bond donors (Lipinski definition) is 0. The lowest BCUT2D eigenvalue weighted by Crippen LogP contribution is -2.12. The molecule has 0 aliphatic heterocycles. The molecule has 3 aromatic rings. The van der Waals surface area contributed by atoms with Gasteiger partial charge in [0.25, 0.3) is 0 Å². The summed E-state index contributed by atoms with van der Waals surface area (Å²) in [6.45, 7) is 12.1. The van der Waals surface area contributed by atoms with Crippen molar-refractivity contribution in [3.8, 4) is 11.5 Å². The van der Waals surface area contributed by atoms with Crippen LogP contribution in [0.25, 0.3) is 22.4 Å².